The second-order valence-corrected chi connectivity index (χ2v) is 5.61. The maximum atomic E-state index is 5.65. The van der Waals surface area contributed by atoms with Crippen molar-refractivity contribution >= 4 is 8.80 Å². The standard InChI is InChI=1S/C9H23NO3Si.H3N/c1-4-11-14(12-5-2,13-6-3)9-7-8-10;/h4-10H2,1-3H3;1H3. The van der Waals surface area contributed by atoms with Gasteiger partial charge in [0.1, 0.15) is 0 Å². The van der Waals surface area contributed by atoms with Gasteiger partial charge in [0.25, 0.3) is 0 Å². The van der Waals surface area contributed by atoms with Gasteiger partial charge in [-0.05, 0) is 33.7 Å². The molecule has 0 aliphatic heterocycles. The van der Waals surface area contributed by atoms with Crippen LogP contribution in [0.5, 0.6) is 0 Å². The first-order valence-electron chi connectivity index (χ1n) is 5.36. The summed E-state index contributed by atoms with van der Waals surface area (Å²) in [6.45, 7) is 8.44. The van der Waals surface area contributed by atoms with Gasteiger partial charge in [-0.25, -0.2) is 0 Å². The molecule has 0 saturated carbocycles. The van der Waals surface area contributed by atoms with Crippen molar-refractivity contribution in [2.24, 2.45) is 5.73 Å². The van der Waals surface area contributed by atoms with Gasteiger partial charge in [-0.2, -0.15) is 0 Å². The average molecular weight is 238 g/mol. The lowest BCUT2D eigenvalue weighted by Gasteiger charge is -2.28. The molecule has 0 saturated heterocycles. The predicted molar refractivity (Wildman–Crippen MR) is 64.1 cm³/mol. The zero-order valence-corrected chi connectivity index (χ0v) is 11.3. The van der Waals surface area contributed by atoms with Gasteiger partial charge in [0.15, 0.2) is 0 Å². The van der Waals surface area contributed by atoms with Crippen molar-refractivity contribution in [3.8, 4) is 0 Å². The van der Waals surface area contributed by atoms with Gasteiger partial charge >= 0.3 is 8.80 Å². The molecule has 0 bridgehead atoms. The van der Waals surface area contributed by atoms with Gasteiger partial charge in [-0.1, -0.05) is 0 Å². The van der Waals surface area contributed by atoms with E-state index in [2.05, 4.69) is 0 Å². The van der Waals surface area contributed by atoms with Crippen LogP contribution in [0.25, 0.3) is 0 Å². The second kappa shape index (κ2) is 10.5. The molecular formula is C9H26N2O3Si. The van der Waals surface area contributed by atoms with Gasteiger partial charge in [0, 0.05) is 25.9 Å². The van der Waals surface area contributed by atoms with Gasteiger partial charge < -0.3 is 25.2 Å². The van der Waals surface area contributed by atoms with Gasteiger partial charge in [0.05, 0.1) is 0 Å². The van der Waals surface area contributed by atoms with Crippen LogP contribution in [0.4, 0.5) is 0 Å². The van der Waals surface area contributed by atoms with Gasteiger partial charge in [-0.3, -0.25) is 0 Å². The van der Waals surface area contributed by atoms with Crippen LogP contribution in [0.3, 0.4) is 0 Å². The first-order valence-corrected chi connectivity index (χ1v) is 7.29. The Labute approximate surface area is 94.2 Å². The van der Waals surface area contributed by atoms with Crippen molar-refractivity contribution in [1.82, 2.24) is 6.15 Å². The molecule has 0 fully saturated rings. The van der Waals surface area contributed by atoms with Crippen molar-refractivity contribution in [3.05, 3.63) is 0 Å². The first kappa shape index (κ1) is 17.4. The smallest absolute Gasteiger partial charge is 0.374 e. The fourth-order valence-electron chi connectivity index (χ4n) is 1.32. The van der Waals surface area contributed by atoms with E-state index >= 15 is 0 Å². The highest BCUT2D eigenvalue weighted by Crippen LogP contribution is 2.17. The SMILES string of the molecule is CCO[Si](CCCN)(OCC)OCC.N. The minimum Gasteiger partial charge on any atom is -0.374 e. The van der Waals surface area contributed by atoms with Crippen molar-refractivity contribution in [1.29, 1.82) is 0 Å². The van der Waals surface area contributed by atoms with E-state index in [0.717, 1.165) is 12.5 Å². The van der Waals surface area contributed by atoms with Gasteiger partial charge in [0.2, 0.25) is 0 Å². The van der Waals surface area contributed by atoms with E-state index in [1.807, 2.05) is 20.8 Å². The van der Waals surface area contributed by atoms with E-state index in [4.69, 9.17) is 19.0 Å². The molecule has 0 aliphatic rings. The summed E-state index contributed by atoms with van der Waals surface area (Å²) in [7, 11) is -2.40. The Balaban J connectivity index is 0. The molecule has 5 N–H and O–H groups in total. The molecule has 0 atom stereocenters. The Bertz CT molecular complexity index is 122. The molecule has 6 heteroatoms. The van der Waals surface area contributed by atoms with E-state index < -0.39 is 8.80 Å². The van der Waals surface area contributed by atoms with Crippen molar-refractivity contribution in [2.45, 2.75) is 33.2 Å². The third-order valence-corrected chi connectivity index (χ3v) is 4.93. The van der Waals surface area contributed by atoms with E-state index in [-0.39, 0.29) is 6.15 Å². The van der Waals surface area contributed by atoms with Crippen LogP contribution in [0.1, 0.15) is 27.2 Å². The zero-order chi connectivity index (χ0) is 10.9. The van der Waals surface area contributed by atoms with Crippen molar-refractivity contribution in [2.75, 3.05) is 26.4 Å². The summed E-state index contributed by atoms with van der Waals surface area (Å²) in [5, 5.41) is 0. The molecule has 0 unspecified atom stereocenters. The topological polar surface area (TPSA) is 88.7 Å². The maximum Gasteiger partial charge on any atom is 0.500 e. The zero-order valence-electron chi connectivity index (χ0n) is 10.3. The minimum atomic E-state index is -2.40. The van der Waals surface area contributed by atoms with Crippen molar-refractivity contribution in [3.63, 3.8) is 0 Å². The number of nitrogens with two attached hydrogens (primary N) is 1. The van der Waals surface area contributed by atoms with E-state index in [0.29, 0.717) is 26.4 Å². The monoisotopic (exact) mass is 238 g/mol. The molecule has 0 aromatic heterocycles. The van der Waals surface area contributed by atoms with Crippen LogP contribution < -0.4 is 11.9 Å². The quantitative estimate of drug-likeness (QED) is 0.595. The van der Waals surface area contributed by atoms with Crippen LogP contribution in [-0.2, 0) is 13.3 Å². The van der Waals surface area contributed by atoms with Crippen LogP contribution in [-0.4, -0.2) is 35.2 Å². The van der Waals surface area contributed by atoms with E-state index in [1.165, 1.54) is 0 Å². The number of hydrogen-bond donors (Lipinski definition) is 2. The van der Waals surface area contributed by atoms with Crippen LogP contribution >= 0.6 is 0 Å². The summed E-state index contributed by atoms with van der Waals surface area (Å²) in [4.78, 5) is 0. The third-order valence-electron chi connectivity index (χ3n) is 1.78. The predicted octanol–water partition coefficient (Wildman–Crippen LogP) is 1.55. The molecule has 15 heavy (non-hydrogen) atoms. The molecular weight excluding hydrogens is 212 g/mol. The van der Waals surface area contributed by atoms with E-state index in [9.17, 15) is 0 Å². The highest BCUT2D eigenvalue weighted by molar-refractivity contribution is 6.60. The lowest BCUT2D eigenvalue weighted by molar-refractivity contribution is 0.0710. The van der Waals surface area contributed by atoms with Gasteiger partial charge in [-0.15, -0.1) is 0 Å². The molecule has 0 heterocycles. The fourth-order valence-corrected chi connectivity index (χ4v) is 3.96. The molecule has 0 rings (SSSR count). The largest absolute Gasteiger partial charge is 0.500 e. The molecule has 94 valence electrons. The second-order valence-electron chi connectivity index (χ2n) is 2.87. The highest BCUT2D eigenvalue weighted by Gasteiger charge is 2.39. The molecule has 0 amide bonds. The molecule has 0 aromatic carbocycles. The average Bonchev–Trinajstić information content (AvgIpc) is 2.16. The summed E-state index contributed by atoms with van der Waals surface area (Å²) in [6.07, 6.45) is 0.895. The summed E-state index contributed by atoms with van der Waals surface area (Å²) >= 11 is 0. The van der Waals surface area contributed by atoms with Crippen molar-refractivity contribution < 1.29 is 13.3 Å². The summed E-state index contributed by atoms with van der Waals surface area (Å²) in [6, 6.07) is 0.818. The Morgan fingerprint density at radius 1 is 0.933 bits per heavy atom. The molecule has 0 radical (unpaired) electrons. The molecule has 5 nitrogen and oxygen atoms in total. The first-order chi connectivity index (χ1) is 6.74. The fraction of sp³-hybridized carbons (Fsp3) is 1.00. The normalized spacial score (nSPS) is 11.2. The summed E-state index contributed by atoms with van der Waals surface area (Å²) in [5.74, 6) is 0. The summed E-state index contributed by atoms with van der Waals surface area (Å²) < 4.78 is 17.0. The highest BCUT2D eigenvalue weighted by atomic mass is 28.4. The number of rotatable bonds is 9. The van der Waals surface area contributed by atoms with Crippen LogP contribution in [0.15, 0.2) is 0 Å². The van der Waals surface area contributed by atoms with Crippen LogP contribution in [0, 0.1) is 0 Å². The maximum absolute atomic E-state index is 5.65. The number of hydrogen-bond acceptors (Lipinski definition) is 5. The molecule has 0 spiro atoms. The van der Waals surface area contributed by atoms with Crippen LogP contribution in [0.2, 0.25) is 6.04 Å². The summed E-state index contributed by atoms with van der Waals surface area (Å²) in [5.41, 5.74) is 5.48. The molecule has 0 aromatic rings. The lowest BCUT2D eigenvalue weighted by atomic mass is 10.5. The Hall–Kier alpha value is 0.0169. The lowest BCUT2D eigenvalue weighted by Crippen LogP contribution is -2.46. The Kier molecular flexibility index (Phi) is 12.2. The minimum absolute atomic E-state index is 0. The molecule has 0 aliphatic carbocycles. The van der Waals surface area contributed by atoms with E-state index in [1.54, 1.807) is 0 Å². The Morgan fingerprint density at radius 3 is 1.60 bits per heavy atom. The Morgan fingerprint density at radius 2 is 1.33 bits per heavy atom. The third kappa shape index (κ3) is 6.99.